The van der Waals surface area contributed by atoms with Crippen LogP contribution in [0.15, 0.2) is 24.3 Å². The van der Waals surface area contributed by atoms with Crippen molar-refractivity contribution in [3.8, 4) is 0 Å². The fourth-order valence-corrected chi connectivity index (χ4v) is 6.90. The van der Waals surface area contributed by atoms with Crippen LogP contribution < -0.4 is 16.0 Å². The predicted molar refractivity (Wildman–Crippen MR) is 155 cm³/mol. The van der Waals surface area contributed by atoms with Crippen LogP contribution in [0.1, 0.15) is 96.0 Å². The van der Waals surface area contributed by atoms with E-state index in [1.807, 2.05) is 0 Å². The lowest BCUT2D eigenvalue weighted by atomic mass is 9.78. The first-order valence-corrected chi connectivity index (χ1v) is 15.6. The SMILES string of the molecule is CCOC(=O)C(CC1CC2(CCCCC2)NC1=O)NC(=O)[C@H](CC1CCCCC1)NC(=O)OCc1cccc(Cl)c1. The fraction of sp³-hybridized carbons (Fsp3) is 0.677. The molecule has 226 valence electrons. The van der Waals surface area contributed by atoms with E-state index in [-0.39, 0.29) is 37.0 Å². The summed E-state index contributed by atoms with van der Waals surface area (Å²) in [6, 6.07) is 5.14. The third-order valence-corrected chi connectivity index (χ3v) is 9.01. The van der Waals surface area contributed by atoms with Crippen LogP contribution in [-0.2, 0) is 30.5 Å². The molecule has 2 saturated carbocycles. The largest absolute Gasteiger partial charge is 0.464 e. The Morgan fingerprint density at radius 1 is 1.00 bits per heavy atom. The number of hydrogen-bond acceptors (Lipinski definition) is 6. The van der Waals surface area contributed by atoms with Crippen molar-refractivity contribution in [2.45, 2.75) is 115 Å². The molecule has 1 saturated heterocycles. The van der Waals surface area contributed by atoms with Gasteiger partial charge in [-0.3, -0.25) is 9.59 Å². The molecule has 3 atom stereocenters. The van der Waals surface area contributed by atoms with Crippen LogP contribution in [0.25, 0.3) is 0 Å². The lowest BCUT2D eigenvalue weighted by Gasteiger charge is -2.33. The highest BCUT2D eigenvalue weighted by Crippen LogP contribution is 2.39. The summed E-state index contributed by atoms with van der Waals surface area (Å²) >= 11 is 6.03. The Hall–Kier alpha value is -2.81. The first-order valence-electron chi connectivity index (χ1n) is 15.2. The van der Waals surface area contributed by atoms with Crippen molar-refractivity contribution < 1.29 is 28.7 Å². The normalized spacial score (nSPS) is 21.9. The lowest BCUT2D eigenvalue weighted by molar-refractivity contribution is -0.148. The van der Waals surface area contributed by atoms with Gasteiger partial charge in [-0.1, -0.05) is 75.1 Å². The van der Waals surface area contributed by atoms with E-state index in [9.17, 15) is 19.2 Å². The van der Waals surface area contributed by atoms with Gasteiger partial charge in [-0.2, -0.15) is 0 Å². The fourth-order valence-electron chi connectivity index (χ4n) is 6.69. The highest BCUT2D eigenvalue weighted by Gasteiger charge is 2.46. The summed E-state index contributed by atoms with van der Waals surface area (Å²) in [6.45, 7) is 1.87. The zero-order valence-electron chi connectivity index (χ0n) is 24.1. The van der Waals surface area contributed by atoms with E-state index >= 15 is 0 Å². The van der Waals surface area contributed by atoms with Gasteiger partial charge in [0.1, 0.15) is 18.7 Å². The Morgan fingerprint density at radius 2 is 1.73 bits per heavy atom. The summed E-state index contributed by atoms with van der Waals surface area (Å²) in [5, 5.41) is 9.31. The van der Waals surface area contributed by atoms with Crippen LogP contribution in [0.3, 0.4) is 0 Å². The van der Waals surface area contributed by atoms with Crippen molar-refractivity contribution in [2.75, 3.05) is 6.61 Å². The summed E-state index contributed by atoms with van der Waals surface area (Å²) in [5.74, 6) is -1.23. The van der Waals surface area contributed by atoms with Crippen molar-refractivity contribution in [2.24, 2.45) is 11.8 Å². The molecular formula is C31H44ClN3O6. The molecule has 9 nitrogen and oxygen atoms in total. The zero-order valence-corrected chi connectivity index (χ0v) is 24.8. The number of amides is 3. The Bertz CT molecular complexity index is 1070. The number of alkyl carbamates (subject to hydrolysis) is 1. The molecule has 2 unspecified atom stereocenters. The molecule has 1 aliphatic heterocycles. The average molecular weight is 590 g/mol. The van der Waals surface area contributed by atoms with Crippen LogP contribution >= 0.6 is 11.6 Å². The van der Waals surface area contributed by atoms with Crippen LogP contribution in [0, 0.1) is 11.8 Å². The van der Waals surface area contributed by atoms with Gasteiger partial charge in [0.2, 0.25) is 11.8 Å². The minimum absolute atomic E-state index is 0.00809. The molecule has 1 aromatic carbocycles. The van der Waals surface area contributed by atoms with Gasteiger partial charge < -0.3 is 25.4 Å². The monoisotopic (exact) mass is 589 g/mol. The molecule has 1 heterocycles. The number of nitrogens with one attached hydrogen (secondary N) is 3. The van der Waals surface area contributed by atoms with E-state index in [0.717, 1.165) is 56.9 Å². The molecule has 3 N–H and O–H groups in total. The van der Waals surface area contributed by atoms with Crippen molar-refractivity contribution in [1.29, 1.82) is 0 Å². The van der Waals surface area contributed by atoms with Gasteiger partial charge in [0.15, 0.2) is 0 Å². The molecule has 0 bridgehead atoms. The molecule has 2 aliphatic carbocycles. The van der Waals surface area contributed by atoms with E-state index in [0.29, 0.717) is 17.9 Å². The third-order valence-electron chi connectivity index (χ3n) is 8.78. The van der Waals surface area contributed by atoms with Crippen molar-refractivity contribution in [3.05, 3.63) is 34.9 Å². The second kappa shape index (κ2) is 14.9. The number of hydrogen-bond donors (Lipinski definition) is 3. The van der Waals surface area contributed by atoms with Crippen LogP contribution in [0.4, 0.5) is 4.79 Å². The van der Waals surface area contributed by atoms with Crippen molar-refractivity contribution in [1.82, 2.24) is 16.0 Å². The molecule has 1 spiro atoms. The quantitative estimate of drug-likeness (QED) is 0.306. The summed E-state index contributed by atoms with van der Waals surface area (Å²) in [6.07, 6.45) is 11.0. The van der Waals surface area contributed by atoms with Gasteiger partial charge in [0.25, 0.3) is 0 Å². The first kappa shape index (κ1) is 31.1. The van der Waals surface area contributed by atoms with Gasteiger partial charge in [-0.25, -0.2) is 9.59 Å². The second-order valence-corrected chi connectivity index (χ2v) is 12.4. The molecule has 41 heavy (non-hydrogen) atoms. The van der Waals surface area contributed by atoms with E-state index in [1.54, 1.807) is 31.2 Å². The van der Waals surface area contributed by atoms with E-state index < -0.39 is 36.0 Å². The van der Waals surface area contributed by atoms with Crippen LogP contribution in [0.5, 0.6) is 0 Å². The molecule has 1 aromatic rings. The Kier molecular flexibility index (Phi) is 11.3. The van der Waals surface area contributed by atoms with E-state index in [2.05, 4.69) is 16.0 Å². The number of carbonyl (C=O) groups excluding carboxylic acids is 4. The maximum absolute atomic E-state index is 13.6. The summed E-state index contributed by atoms with van der Waals surface area (Å²) in [4.78, 5) is 52.3. The summed E-state index contributed by atoms with van der Waals surface area (Å²) in [7, 11) is 0. The molecular weight excluding hydrogens is 546 g/mol. The Labute approximate surface area is 247 Å². The maximum Gasteiger partial charge on any atom is 0.408 e. The Morgan fingerprint density at radius 3 is 2.44 bits per heavy atom. The number of esters is 1. The van der Waals surface area contributed by atoms with Gasteiger partial charge in [-0.05, 0) is 62.6 Å². The van der Waals surface area contributed by atoms with Crippen LogP contribution in [-0.4, -0.2) is 48.1 Å². The number of ether oxygens (including phenoxy) is 2. The number of halogens is 1. The number of carbonyl (C=O) groups is 4. The Balaban J connectivity index is 1.42. The third kappa shape index (κ3) is 9.09. The summed E-state index contributed by atoms with van der Waals surface area (Å²) in [5.41, 5.74) is 0.523. The molecule has 0 aromatic heterocycles. The van der Waals surface area contributed by atoms with Gasteiger partial charge in [-0.15, -0.1) is 0 Å². The first-order chi connectivity index (χ1) is 19.8. The van der Waals surface area contributed by atoms with Crippen molar-refractivity contribution in [3.63, 3.8) is 0 Å². The van der Waals surface area contributed by atoms with E-state index in [1.165, 1.54) is 12.8 Å². The standard InChI is InChI=1S/C31H44ClN3O6/c1-2-40-29(38)26(18-23-19-31(35-27(23)36)14-7-4-8-15-31)33-28(37)25(17-21-10-5-3-6-11-21)34-30(39)41-20-22-12-9-13-24(32)16-22/h9,12-13,16,21,23,25-26H,2-8,10-11,14-15,17-20H2,1H3,(H,33,37)(H,34,39)(H,35,36)/t23?,25-,26?/m0/s1. The van der Waals surface area contributed by atoms with E-state index in [4.69, 9.17) is 21.1 Å². The predicted octanol–water partition coefficient (Wildman–Crippen LogP) is 5.18. The molecule has 10 heteroatoms. The second-order valence-electron chi connectivity index (χ2n) is 11.9. The zero-order chi connectivity index (χ0) is 29.2. The van der Waals surface area contributed by atoms with Gasteiger partial charge in [0.05, 0.1) is 6.61 Å². The molecule has 4 rings (SSSR count). The van der Waals surface area contributed by atoms with Gasteiger partial charge >= 0.3 is 12.1 Å². The van der Waals surface area contributed by atoms with Gasteiger partial charge in [0, 0.05) is 16.5 Å². The van der Waals surface area contributed by atoms with Crippen LogP contribution in [0.2, 0.25) is 5.02 Å². The highest BCUT2D eigenvalue weighted by molar-refractivity contribution is 6.30. The molecule has 3 amide bonds. The average Bonchev–Trinajstić information content (AvgIpc) is 3.25. The minimum Gasteiger partial charge on any atom is -0.464 e. The number of benzene rings is 1. The number of rotatable bonds is 11. The minimum atomic E-state index is -0.991. The topological polar surface area (TPSA) is 123 Å². The molecule has 3 aliphatic rings. The lowest BCUT2D eigenvalue weighted by Crippen LogP contribution is -2.53. The molecule has 3 fully saturated rings. The maximum atomic E-state index is 13.6. The molecule has 0 radical (unpaired) electrons. The van der Waals surface area contributed by atoms with Crippen molar-refractivity contribution >= 4 is 35.5 Å². The summed E-state index contributed by atoms with van der Waals surface area (Å²) < 4.78 is 10.7. The highest BCUT2D eigenvalue weighted by atomic mass is 35.5. The smallest absolute Gasteiger partial charge is 0.408 e.